The van der Waals surface area contributed by atoms with Gasteiger partial charge in [-0.15, -0.1) is 0 Å². The van der Waals surface area contributed by atoms with Gasteiger partial charge in [0, 0.05) is 12.2 Å². The molecule has 0 aromatic heterocycles. The maximum absolute atomic E-state index is 13.6. The molecule has 122 valence electrons. The number of carbonyl (C=O) groups excluding carboxylic acids is 1. The third-order valence-electron chi connectivity index (χ3n) is 3.15. The van der Waals surface area contributed by atoms with E-state index in [1.807, 2.05) is 0 Å². The van der Waals surface area contributed by atoms with E-state index in [9.17, 15) is 18.7 Å². The fourth-order valence-corrected chi connectivity index (χ4v) is 2.04. The quantitative estimate of drug-likeness (QED) is 0.770. The van der Waals surface area contributed by atoms with E-state index in [4.69, 9.17) is 4.74 Å². The summed E-state index contributed by atoms with van der Waals surface area (Å²) >= 11 is 0. The van der Waals surface area contributed by atoms with E-state index in [1.54, 1.807) is 6.07 Å². The highest BCUT2D eigenvalue weighted by Crippen LogP contribution is 2.19. The summed E-state index contributed by atoms with van der Waals surface area (Å²) in [5, 5.41) is 12.7. The second-order valence-corrected chi connectivity index (χ2v) is 5.02. The minimum atomic E-state index is -0.886. The normalized spacial score (nSPS) is 11.8. The van der Waals surface area contributed by atoms with Crippen LogP contribution in [0.25, 0.3) is 0 Å². The van der Waals surface area contributed by atoms with Crippen LogP contribution in [0.5, 0.6) is 5.75 Å². The summed E-state index contributed by atoms with van der Waals surface area (Å²) in [6.45, 7) is 1.33. The average Bonchev–Trinajstić information content (AvgIpc) is 2.52. The number of ketones is 1. The molecule has 2 aromatic rings. The molecule has 0 spiro atoms. The molecule has 0 saturated carbocycles. The number of Topliss-reactive ketones (excluding diaryl/α,β-unsaturated/α-hetero) is 1. The van der Waals surface area contributed by atoms with Gasteiger partial charge < -0.3 is 15.2 Å². The van der Waals surface area contributed by atoms with Gasteiger partial charge in [-0.05, 0) is 43.3 Å². The van der Waals surface area contributed by atoms with Crippen LogP contribution in [0.15, 0.2) is 42.5 Å². The van der Waals surface area contributed by atoms with E-state index in [1.165, 1.54) is 43.3 Å². The van der Waals surface area contributed by atoms with Crippen molar-refractivity contribution in [1.29, 1.82) is 0 Å². The molecule has 0 fully saturated rings. The molecule has 2 rings (SSSR count). The van der Waals surface area contributed by atoms with Crippen LogP contribution < -0.4 is 10.1 Å². The highest BCUT2D eigenvalue weighted by atomic mass is 19.1. The molecule has 2 N–H and O–H groups in total. The molecule has 0 aliphatic carbocycles. The lowest BCUT2D eigenvalue weighted by Crippen LogP contribution is -2.27. The molecule has 0 aliphatic heterocycles. The first-order valence-electron chi connectivity index (χ1n) is 7.07. The molecule has 23 heavy (non-hydrogen) atoms. The van der Waals surface area contributed by atoms with Gasteiger partial charge in [0.1, 0.15) is 30.1 Å². The van der Waals surface area contributed by atoms with Gasteiger partial charge in [0.05, 0.1) is 5.56 Å². The van der Waals surface area contributed by atoms with Crippen molar-refractivity contribution in [2.75, 3.05) is 18.5 Å². The van der Waals surface area contributed by atoms with Crippen molar-refractivity contribution in [2.24, 2.45) is 0 Å². The minimum absolute atomic E-state index is 0.0245. The molecule has 4 nitrogen and oxygen atoms in total. The first-order valence-corrected chi connectivity index (χ1v) is 7.07. The highest BCUT2D eigenvalue weighted by Gasteiger charge is 2.14. The van der Waals surface area contributed by atoms with Crippen LogP contribution in [-0.2, 0) is 0 Å². The number of hydrogen-bond donors (Lipinski definition) is 2. The first-order chi connectivity index (χ1) is 11.0. The zero-order chi connectivity index (χ0) is 16.8. The summed E-state index contributed by atoms with van der Waals surface area (Å²) in [6.07, 6.45) is -0.886. The molecule has 1 atom stereocenters. The van der Waals surface area contributed by atoms with Crippen LogP contribution >= 0.6 is 0 Å². The Bertz CT molecular complexity index is 674. The number of anilines is 1. The summed E-state index contributed by atoms with van der Waals surface area (Å²) in [5.74, 6) is -0.953. The van der Waals surface area contributed by atoms with Crippen molar-refractivity contribution in [2.45, 2.75) is 13.0 Å². The largest absolute Gasteiger partial charge is 0.491 e. The molecule has 6 heteroatoms. The zero-order valence-electron chi connectivity index (χ0n) is 12.6. The number of aliphatic hydroxyl groups is 1. The van der Waals surface area contributed by atoms with Crippen LogP contribution in [-0.4, -0.2) is 30.1 Å². The summed E-state index contributed by atoms with van der Waals surface area (Å²) in [7, 11) is 0. The highest BCUT2D eigenvalue weighted by molar-refractivity contribution is 5.99. The Balaban J connectivity index is 1.89. The Morgan fingerprint density at radius 3 is 2.57 bits per heavy atom. The van der Waals surface area contributed by atoms with Crippen LogP contribution in [0.3, 0.4) is 0 Å². The molecule has 0 amide bonds. The predicted octanol–water partition coefficient (Wildman–Crippen LogP) is 3.02. The Morgan fingerprint density at radius 2 is 1.91 bits per heavy atom. The Morgan fingerprint density at radius 1 is 1.22 bits per heavy atom. The van der Waals surface area contributed by atoms with Gasteiger partial charge in [-0.3, -0.25) is 4.79 Å². The maximum Gasteiger partial charge on any atom is 0.164 e. The van der Waals surface area contributed by atoms with Gasteiger partial charge in [0.2, 0.25) is 0 Å². The fourth-order valence-electron chi connectivity index (χ4n) is 2.04. The lowest BCUT2D eigenvalue weighted by molar-refractivity contribution is 0.101. The number of aliphatic hydroxyl groups excluding tert-OH is 1. The fraction of sp³-hybridized carbons (Fsp3) is 0.235. The van der Waals surface area contributed by atoms with Crippen LogP contribution in [0, 0.1) is 11.6 Å². The van der Waals surface area contributed by atoms with Crippen molar-refractivity contribution in [1.82, 2.24) is 0 Å². The lowest BCUT2D eigenvalue weighted by Gasteiger charge is -2.15. The summed E-state index contributed by atoms with van der Waals surface area (Å²) in [4.78, 5) is 11.5. The smallest absolute Gasteiger partial charge is 0.164 e. The van der Waals surface area contributed by atoms with Crippen molar-refractivity contribution in [3.05, 3.63) is 59.7 Å². The number of halogens is 2. The molecule has 0 bridgehead atoms. The summed E-state index contributed by atoms with van der Waals surface area (Å²) in [5.41, 5.74) is 0.275. The van der Waals surface area contributed by atoms with Gasteiger partial charge in [-0.1, -0.05) is 6.07 Å². The molecular formula is C17H17F2NO3. The van der Waals surface area contributed by atoms with Gasteiger partial charge in [-0.25, -0.2) is 8.78 Å². The SMILES string of the molecule is CC(=O)c1c(F)cccc1NCC(O)COc1ccc(F)cc1. The zero-order valence-corrected chi connectivity index (χ0v) is 12.6. The standard InChI is InChI=1S/C17H17F2NO3/c1-11(21)17-15(19)3-2-4-16(17)20-9-13(22)10-23-14-7-5-12(18)6-8-14/h2-8,13,20,22H,9-10H2,1H3. The number of carbonyl (C=O) groups is 1. The number of hydrogen-bond acceptors (Lipinski definition) is 4. The molecule has 0 heterocycles. The van der Waals surface area contributed by atoms with Crippen LogP contribution in [0.4, 0.5) is 14.5 Å². The van der Waals surface area contributed by atoms with E-state index in [0.29, 0.717) is 11.4 Å². The maximum atomic E-state index is 13.6. The van der Waals surface area contributed by atoms with Crippen molar-refractivity contribution >= 4 is 11.5 Å². The second-order valence-electron chi connectivity index (χ2n) is 5.02. The van der Waals surface area contributed by atoms with Crippen molar-refractivity contribution < 1.29 is 23.4 Å². The first kappa shape index (κ1) is 16.9. The molecular weight excluding hydrogens is 304 g/mol. The third kappa shape index (κ3) is 4.75. The number of benzene rings is 2. The Hall–Kier alpha value is -2.47. The Labute approximate surface area is 132 Å². The second kappa shape index (κ2) is 7.69. The van der Waals surface area contributed by atoms with Crippen LogP contribution in [0.1, 0.15) is 17.3 Å². The topological polar surface area (TPSA) is 58.6 Å². The molecule has 0 radical (unpaired) electrons. The number of ether oxygens (including phenoxy) is 1. The van der Waals surface area contributed by atoms with Gasteiger partial charge in [0.15, 0.2) is 5.78 Å². The molecule has 0 aliphatic rings. The lowest BCUT2D eigenvalue weighted by atomic mass is 10.1. The summed E-state index contributed by atoms with van der Waals surface area (Å²) < 4.78 is 31.7. The summed E-state index contributed by atoms with van der Waals surface area (Å²) in [6, 6.07) is 9.67. The van der Waals surface area contributed by atoms with E-state index < -0.39 is 17.7 Å². The van der Waals surface area contributed by atoms with E-state index in [2.05, 4.69) is 5.32 Å². The van der Waals surface area contributed by atoms with Gasteiger partial charge in [0.25, 0.3) is 0 Å². The number of rotatable bonds is 7. The monoisotopic (exact) mass is 321 g/mol. The van der Waals surface area contributed by atoms with Gasteiger partial charge in [-0.2, -0.15) is 0 Å². The third-order valence-corrected chi connectivity index (χ3v) is 3.15. The Kier molecular flexibility index (Phi) is 5.65. The van der Waals surface area contributed by atoms with E-state index in [-0.39, 0.29) is 24.5 Å². The van der Waals surface area contributed by atoms with Crippen molar-refractivity contribution in [3.8, 4) is 5.75 Å². The van der Waals surface area contributed by atoms with E-state index >= 15 is 0 Å². The van der Waals surface area contributed by atoms with E-state index in [0.717, 1.165) is 0 Å². The van der Waals surface area contributed by atoms with Gasteiger partial charge >= 0.3 is 0 Å². The van der Waals surface area contributed by atoms with Crippen molar-refractivity contribution in [3.63, 3.8) is 0 Å². The molecule has 0 saturated heterocycles. The predicted molar refractivity (Wildman–Crippen MR) is 82.8 cm³/mol. The van der Waals surface area contributed by atoms with Crippen LogP contribution in [0.2, 0.25) is 0 Å². The minimum Gasteiger partial charge on any atom is -0.491 e. The molecule has 2 aromatic carbocycles. The average molecular weight is 321 g/mol. The number of nitrogens with one attached hydrogen (secondary N) is 1. The molecule has 1 unspecified atom stereocenters.